The highest BCUT2D eigenvalue weighted by Gasteiger charge is 2.23. The number of thiophene rings is 1. The van der Waals surface area contributed by atoms with Crippen molar-refractivity contribution >= 4 is 11.3 Å². The van der Waals surface area contributed by atoms with Gasteiger partial charge < -0.3 is 5.32 Å². The topological polar surface area (TPSA) is 12.0 Å². The summed E-state index contributed by atoms with van der Waals surface area (Å²) in [6.45, 7) is 6.42. The van der Waals surface area contributed by atoms with E-state index in [1.54, 1.807) is 24.5 Å². The highest BCUT2D eigenvalue weighted by Crippen LogP contribution is 2.35. The third kappa shape index (κ3) is 2.91. The molecule has 2 aromatic rings. The Hall–Kier alpha value is -1.26. The lowest BCUT2D eigenvalue weighted by Gasteiger charge is -2.18. The third-order valence-electron chi connectivity index (χ3n) is 3.23. The number of nitrogens with one attached hydrogen (secondary N) is 1. The zero-order valence-electron chi connectivity index (χ0n) is 12.1. The highest BCUT2D eigenvalue weighted by molar-refractivity contribution is 7.12. The molecule has 1 unspecified atom stereocenters. The van der Waals surface area contributed by atoms with Crippen LogP contribution in [0.1, 0.15) is 42.1 Å². The SMILES string of the molecule is CNC(c1ccc(C(C)(C)C)s1)c1cccc(F)c1F. The van der Waals surface area contributed by atoms with E-state index in [2.05, 4.69) is 32.2 Å². The van der Waals surface area contributed by atoms with Crippen LogP contribution >= 0.6 is 11.3 Å². The molecule has 20 heavy (non-hydrogen) atoms. The first-order chi connectivity index (χ1) is 9.34. The molecule has 0 fully saturated rings. The molecule has 1 atom stereocenters. The fourth-order valence-electron chi connectivity index (χ4n) is 2.11. The van der Waals surface area contributed by atoms with Crippen molar-refractivity contribution in [3.8, 4) is 0 Å². The van der Waals surface area contributed by atoms with Gasteiger partial charge in [-0.15, -0.1) is 11.3 Å². The van der Waals surface area contributed by atoms with Crippen molar-refractivity contribution in [2.45, 2.75) is 32.2 Å². The number of rotatable bonds is 3. The van der Waals surface area contributed by atoms with Gasteiger partial charge >= 0.3 is 0 Å². The van der Waals surface area contributed by atoms with Gasteiger partial charge in [0.25, 0.3) is 0 Å². The minimum Gasteiger partial charge on any atom is -0.309 e. The van der Waals surface area contributed by atoms with E-state index in [1.807, 2.05) is 6.07 Å². The summed E-state index contributed by atoms with van der Waals surface area (Å²) in [5, 5.41) is 3.07. The van der Waals surface area contributed by atoms with Crippen molar-refractivity contribution in [2.24, 2.45) is 0 Å². The van der Waals surface area contributed by atoms with Crippen LogP contribution in [0.5, 0.6) is 0 Å². The Bertz CT molecular complexity index is 599. The number of hydrogen-bond donors (Lipinski definition) is 1. The lowest BCUT2D eigenvalue weighted by atomic mass is 9.95. The van der Waals surface area contributed by atoms with Crippen molar-refractivity contribution in [3.05, 3.63) is 57.3 Å². The minimum atomic E-state index is -0.810. The molecule has 4 heteroatoms. The molecule has 1 heterocycles. The molecular formula is C16H19F2NS. The van der Waals surface area contributed by atoms with E-state index < -0.39 is 11.6 Å². The maximum absolute atomic E-state index is 14.0. The zero-order valence-corrected chi connectivity index (χ0v) is 12.9. The Labute approximate surface area is 122 Å². The molecule has 0 aliphatic rings. The average Bonchev–Trinajstić information content (AvgIpc) is 2.85. The summed E-state index contributed by atoms with van der Waals surface area (Å²) < 4.78 is 27.3. The monoisotopic (exact) mass is 295 g/mol. The maximum atomic E-state index is 14.0. The number of halogens is 2. The Morgan fingerprint density at radius 2 is 1.80 bits per heavy atom. The van der Waals surface area contributed by atoms with Crippen LogP contribution in [-0.4, -0.2) is 7.05 Å². The summed E-state index contributed by atoms with van der Waals surface area (Å²) in [6, 6.07) is 8.01. The van der Waals surface area contributed by atoms with E-state index in [9.17, 15) is 8.78 Å². The van der Waals surface area contributed by atoms with Crippen molar-refractivity contribution in [1.82, 2.24) is 5.32 Å². The second-order valence-electron chi connectivity index (χ2n) is 5.82. The first kappa shape index (κ1) is 15.1. The molecule has 1 aromatic heterocycles. The van der Waals surface area contributed by atoms with Crippen LogP contribution in [0, 0.1) is 11.6 Å². The molecule has 0 bridgehead atoms. The third-order valence-corrected chi connectivity index (χ3v) is 4.81. The Balaban J connectivity index is 2.43. The first-order valence-electron chi connectivity index (χ1n) is 6.56. The van der Waals surface area contributed by atoms with E-state index in [4.69, 9.17) is 0 Å². The second kappa shape index (κ2) is 5.62. The Morgan fingerprint density at radius 3 is 2.35 bits per heavy atom. The predicted molar refractivity (Wildman–Crippen MR) is 80.3 cm³/mol. The standard InChI is InChI=1S/C16H19F2NS/c1-16(2,3)13-9-8-12(20-13)15(19-4)10-6-5-7-11(17)14(10)18/h5-9,15,19H,1-4H3. The summed E-state index contributed by atoms with van der Waals surface area (Å²) in [5.74, 6) is -1.59. The lowest BCUT2D eigenvalue weighted by molar-refractivity contribution is 0.488. The van der Waals surface area contributed by atoms with Gasteiger partial charge in [-0.2, -0.15) is 0 Å². The number of hydrogen-bond acceptors (Lipinski definition) is 2. The van der Waals surface area contributed by atoms with Gasteiger partial charge in [0.1, 0.15) is 0 Å². The predicted octanol–water partition coefficient (Wildman–Crippen LogP) is 4.63. The van der Waals surface area contributed by atoms with E-state index in [0.29, 0.717) is 5.56 Å². The molecule has 0 spiro atoms. The van der Waals surface area contributed by atoms with E-state index in [-0.39, 0.29) is 11.5 Å². The normalized spacial score (nSPS) is 13.5. The van der Waals surface area contributed by atoms with Gasteiger partial charge in [-0.25, -0.2) is 8.78 Å². The fraction of sp³-hybridized carbons (Fsp3) is 0.375. The van der Waals surface area contributed by atoms with Gasteiger partial charge in [-0.05, 0) is 30.7 Å². The number of benzene rings is 1. The highest BCUT2D eigenvalue weighted by atomic mass is 32.1. The van der Waals surface area contributed by atoms with Crippen LogP contribution in [0.3, 0.4) is 0 Å². The van der Waals surface area contributed by atoms with Gasteiger partial charge in [-0.3, -0.25) is 0 Å². The molecule has 108 valence electrons. The average molecular weight is 295 g/mol. The largest absolute Gasteiger partial charge is 0.309 e. The van der Waals surface area contributed by atoms with Crippen LogP contribution in [0.2, 0.25) is 0 Å². The fourth-order valence-corrected chi connectivity index (χ4v) is 3.30. The van der Waals surface area contributed by atoms with Gasteiger partial charge in [-0.1, -0.05) is 32.9 Å². The van der Waals surface area contributed by atoms with E-state index >= 15 is 0 Å². The summed E-state index contributed by atoms with van der Waals surface area (Å²) in [5.41, 5.74) is 0.400. The first-order valence-corrected chi connectivity index (χ1v) is 7.37. The van der Waals surface area contributed by atoms with E-state index in [0.717, 1.165) is 10.9 Å². The minimum absolute atomic E-state index is 0.0572. The van der Waals surface area contributed by atoms with Crippen LogP contribution < -0.4 is 5.32 Å². The van der Waals surface area contributed by atoms with Crippen molar-refractivity contribution in [1.29, 1.82) is 0 Å². The van der Waals surface area contributed by atoms with Crippen molar-refractivity contribution in [2.75, 3.05) is 7.05 Å². The second-order valence-corrected chi connectivity index (χ2v) is 6.93. The maximum Gasteiger partial charge on any atom is 0.163 e. The Morgan fingerprint density at radius 1 is 1.10 bits per heavy atom. The van der Waals surface area contributed by atoms with Gasteiger partial charge in [0.2, 0.25) is 0 Å². The summed E-state index contributed by atoms with van der Waals surface area (Å²) >= 11 is 1.63. The zero-order chi connectivity index (χ0) is 14.9. The molecule has 0 aliphatic carbocycles. The quantitative estimate of drug-likeness (QED) is 0.870. The lowest BCUT2D eigenvalue weighted by Crippen LogP contribution is -2.18. The van der Waals surface area contributed by atoms with Gasteiger partial charge in [0.15, 0.2) is 11.6 Å². The van der Waals surface area contributed by atoms with Gasteiger partial charge in [0, 0.05) is 15.3 Å². The smallest absolute Gasteiger partial charge is 0.163 e. The molecule has 2 rings (SSSR count). The Kier molecular flexibility index (Phi) is 4.25. The summed E-state index contributed by atoms with van der Waals surface area (Å²) in [7, 11) is 1.76. The van der Waals surface area contributed by atoms with Crippen LogP contribution in [-0.2, 0) is 5.41 Å². The molecule has 0 saturated heterocycles. The molecular weight excluding hydrogens is 276 g/mol. The van der Waals surface area contributed by atoms with Gasteiger partial charge in [0.05, 0.1) is 6.04 Å². The molecule has 0 aliphatic heterocycles. The molecule has 1 nitrogen and oxygen atoms in total. The van der Waals surface area contributed by atoms with Crippen molar-refractivity contribution in [3.63, 3.8) is 0 Å². The molecule has 0 radical (unpaired) electrons. The molecule has 0 saturated carbocycles. The molecule has 1 aromatic carbocycles. The van der Waals surface area contributed by atoms with Crippen LogP contribution in [0.15, 0.2) is 30.3 Å². The molecule has 1 N–H and O–H groups in total. The van der Waals surface area contributed by atoms with Crippen LogP contribution in [0.4, 0.5) is 8.78 Å². The summed E-state index contributed by atoms with van der Waals surface area (Å²) in [6.07, 6.45) is 0. The summed E-state index contributed by atoms with van der Waals surface area (Å²) in [4.78, 5) is 2.21. The van der Waals surface area contributed by atoms with Crippen LogP contribution in [0.25, 0.3) is 0 Å². The molecule has 0 amide bonds. The van der Waals surface area contributed by atoms with E-state index in [1.165, 1.54) is 10.9 Å². The van der Waals surface area contributed by atoms with Crippen molar-refractivity contribution < 1.29 is 8.78 Å².